The molecule has 152 valence electrons. The molecule has 2 aliphatic rings. The first-order chi connectivity index (χ1) is 13.9. The predicted molar refractivity (Wildman–Crippen MR) is 108 cm³/mol. The molecule has 1 aliphatic heterocycles. The number of urea groups is 1. The molecule has 2 heterocycles. The van der Waals surface area contributed by atoms with Gasteiger partial charge in [0, 0.05) is 5.69 Å². The van der Waals surface area contributed by atoms with Crippen LogP contribution in [0.2, 0.25) is 0 Å². The van der Waals surface area contributed by atoms with Crippen LogP contribution in [0.5, 0.6) is 0 Å². The molecule has 4 rings (SSSR count). The van der Waals surface area contributed by atoms with Gasteiger partial charge in [-0.05, 0) is 36.8 Å². The SMILES string of the molecule is C[C@@H]1CCC[C@H](C)C12NC(=O)N(Cc1nnc(C(=O)Nc3ccccc3)s1)C2=O. The Labute approximate surface area is 172 Å². The summed E-state index contributed by atoms with van der Waals surface area (Å²) in [6.45, 7) is 4.06. The minimum absolute atomic E-state index is 0.0160. The van der Waals surface area contributed by atoms with Crippen molar-refractivity contribution in [1.82, 2.24) is 20.4 Å². The maximum absolute atomic E-state index is 13.2. The molecule has 2 fully saturated rings. The van der Waals surface area contributed by atoms with E-state index < -0.39 is 11.6 Å². The first-order valence-electron chi connectivity index (χ1n) is 9.74. The predicted octanol–water partition coefficient (Wildman–Crippen LogP) is 3.04. The van der Waals surface area contributed by atoms with Crippen molar-refractivity contribution in [2.24, 2.45) is 11.8 Å². The van der Waals surface area contributed by atoms with Crippen LogP contribution in [0.3, 0.4) is 0 Å². The van der Waals surface area contributed by atoms with Crippen LogP contribution in [0, 0.1) is 11.8 Å². The van der Waals surface area contributed by atoms with Crippen molar-refractivity contribution >= 4 is 34.9 Å². The molecule has 1 saturated heterocycles. The first-order valence-corrected chi connectivity index (χ1v) is 10.6. The number of benzene rings is 1. The van der Waals surface area contributed by atoms with Crippen LogP contribution in [-0.4, -0.2) is 38.5 Å². The lowest BCUT2D eigenvalue weighted by molar-refractivity contribution is -0.136. The number of anilines is 1. The molecule has 2 aromatic rings. The topological polar surface area (TPSA) is 104 Å². The van der Waals surface area contributed by atoms with Gasteiger partial charge in [-0.2, -0.15) is 0 Å². The van der Waals surface area contributed by atoms with Crippen LogP contribution in [0.15, 0.2) is 30.3 Å². The van der Waals surface area contributed by atoms with Crippen molar-refractivity contribution in [1.29, 1.82) is 0 Å². The summed E-state index contributed by atoms with van der Waals surface area (Å²) < 4.78 is 0. The van der Waals surface area contributed by atoms with E-state index in [0.29, 0.717) is 10.7 Å². The molecule has 9 heteroatoms. The number of hydrogen-bond acceptors (Lipinski definition) is 6. The summed E-state index contributed by atoms with van der Waals surface area (Å²) in [5.41, 5.74) is -0.182. The summed E-state index contributed by atoms with van der Waals surface area (Å²) in [5, 5.41) is 14.3. The number of para-hydroxylation sites is 1. The summed E-state index contributed by atoms with van der Waals surface area (Å²) in [4.78, 5) is 39.4. The number of amides is 4. The average molecular weight is 414 g/mol. The number of imide groups is 1. The van der Waals surface area contributed by atoms with Gasteiger partial charge in [0.15, 0.2) is 0 Å². The van der Waals surface area contributed by atoms with Crippen LogP contribution < -0.4 is 10.6 Å². The lowest BCUT2D eigenvalue weighted by Crippen LogP contribution is -2.58. The smallest absolute Gasteiger partial charge is 0.323 e. The van der Waals surface area contributed by atoms with Gasteiger partial charge in [0.05, 0.1) is 6.54 Å². The zero-order valence-electron chi connectivity index (χ0n) is 16.3. The first kappa shape index (κ1) is 19.5. The van der Waals surface area contributed by atoms with Crippen LogP contribution in [-0.2, 0) is 11.3 Å². The highest BCUT2D eigenvalue weighted by Crippen LogP contribution is 2.42. The van der Waals surface area contributed by atoms with E-state index in [2.05, 4.69) is 20.8 Å². The molecule has 1 aliphatic carbocycles. The molecule has 1 spiro atoms. The third kappa shape index (κ3) is 3.39. The molecule has 29 heavy (non-hydrogen) atoms. The fourth-order valence-electron chi connectivity index (χ4n) is 4.35. The van der Waals surface area contributed by atoms with Gasteiger partial charge in [0.25, 0.3) is 11.8 Å². The number of aromatic nitrogens is 2. The van der Waals surface area contributed by atoms with E-state index in [1.165, 1.54) is 4.90 Å². The van der Waals surface area contributed by atoms with Crippen LogP contribution in [0.1, 0.15) is 47.9 Å². The number of nitrogens with zero attached hydrogens (tertiary/aromatic N) is 3. The lowest BCUT2D eigenvalue weighted by Gasteiger charge is -2.42. The Morgan fingerprint density at radius 3 is 2.59 bits per heavy atom. The van der Waals surface area contributed by atoms with Crippen molar-refractivity contribution in [3.8, 4) is 0 Å². The number of hydrogen-bond donors (Lipinski definition) is 2. The molecule has 1 aromatic heterocycles. The third-order valence-corrected chi connectivity index (χ3v) is 6.88. The summed E-state index contributed by atoms with van der Waals surface area (Å²) in [6, 6.07) is 8.65. The van der Waals surface area contributed by atoms with Crippen molar-refractivity contribution in [3.63, 3.8) is 0 Å². The normalized spacial score (nSPS) is 26.6. The molecule has 1 unspecified atom stereocenters. The minimum atomic E-state index is -0.840. The second kappa shape index (κ2) is 7.55. The molecule has 0 radical (unpaired) electrons. The average Bonchev–Trinajstić information content (AvgIpc) is 3.27. The highest BCUT2D eigenvalue weighted by Gasteiger charge is 2.58. The fraction of sp³-hybridized carbons (Fsp3) is 0.450. The van der Waals surface area contributed by atoms with Gasteiger partial charge in [-0.3, -0.25) is 14.5 Å². The van der Waals surface area contributed by atoms with E-state index >= 15 is 0 Å². The van der Waals surface area contributed by atoms with Gasteiger partial charge in [0.1, 0.15) is 10.5 Å². The van der Waals surface area contributed by atoms with E-state index in [1.54, 1.807) is 12.1 Å². The van der Waals surface area contributed by atoms with Crippen LogP contribution in [0.4, 0.5) is 10.5 Å². The molecule has 2 N–H and O–H groups in total. The number of carbonyl (C=O) groups is 3. The highest BCUT2D eigenvalue weighted by molar-refractivity contribution is 7.13. The monoisotopic (exact) mass is 413 g/mol. The zero-order chi connectivity index (χ0) is 20.6. The van der Waals surface area contributed by atoms with E-state index in [-0.39, 0.29) is 35.2 Å². The van der Waals surface area contributed by atoms with Gasteiger partial charge >= 0.3 is 6.03 Å². The summed E-state index contributed by atoms with van der Waals surface area (Å²) in [5.74, 6) is -0.417. The molecule has 0 bridgehead atoms. The van der Waals surface area contributed by atoms with Crippen molar-refractivity contribution < 1.29 is 14.4 Å². The fourth-order valence-corrected chi connectivity index (χ4v) is 5.07. The Hall–Kier alpha value is -2.81. The third-order valence-electron chi connectivity index (χ3n) is 5.97. The van der Waals surface area contributed by atoms with E-state index in [0.717, 1.165) is 30.6 Å². The van der Waals surface area contributed by atoms with Gasteiger partial charge in [0.2, 0.25) is 5.01 Å². The van der Waals surface area contributed by atoms with Crippen molar-refractivity contribution in [2.45, 2.75) is 45.2 Å². The van der Waals surface area contributed by atoms with E-state index in [9.17, 15) is 14.4 Å². The van der Waals surface area contributed by atoms with Crippen LogP contribution >= 0.6 is 11.3 Å². The van der Waals surface area contributed by atoms with E-state index in [1.807, 2.05) is 32.0 Å². The Bertz CT molecular complexity index is 935. The van der Waals surface area contributed by atoms with Crippen molar-refractivity contribution in [3.05, 3.63) is 40.3 Å². The standard InChI is InChI=1S/C20H23N5O3S/c1-12-7-6-8-13(2)20(12)18(27)25(19(28)22-20)11-15-23-24-17(29-15)16(26)21-14-9-4-3-5-10-14/h3-5,9-10,12-13H,6-8,11H2,1-2H3,(H,21,26)(H,22,28)/t12-,13+,20?. The molecule has 4 amide bonds. The Morgan fingerprint density at radius 2 is 1.90 bits per heavy atom. The molecular formula is C20H23N5O3S. The minimum Gasteiger partial charge on any atom is -0.323 e. The second-order valence-electron chi connectivity index (χ2n) is 7.74. The number of carbonyl (C=O) groups excluding carboxylic acids is 3. The summed E-state index contributed by atoms with van der Waals surface area (Å²) in [6.07, 6.45) is 2.88. The largest absolute Gasteiger partial charge is 0.325 e. The molecule has 1 aromatic carbocycles. The van der Waals surface area contributed by atoms with E-state index in [4.69, 9.17) is 0 Å². The Morgan fingerprint density at radius 1 is 1.21 bits per heavy atom. The molecular weight excluding hydrogens is 390 g/mol. The maximum atomic E-state index is 13.2. The van der Waals surface area contributed by atoms with Gasteiger partial charge in [-0.1, -0.05) is 49.8 Å². The maximum Gasteiger partial charge on any atom is 0.325 e. The molecule has 1 saturated carbocycles. The number of rotatable bonds is 4. The van der Waals surface area contributed by atoms with Gasteiger partial charge in [-0.15, -0.1) is 10.2 Å². The summed E-state index contributed by atoms with van der Waals surface area (Å²) in [7, 11) is 0. The van der Waals surface area contributed by atoms with Crippen molar-refractivity contribution in [2.75, 3.05) is 5.32 Å². The Kier molecular flexibility index (Phi) is 5.08. The van der Waals surface area contributed by atoms with Gasteiger partial charge in [-0.25, -0.2) is 4.79 Å². The molecule has 3 atom stereocenters. The summed E-state index contributed by atoms with van der Waals surface area (Å²) >= 11 is 1.08. The van der Waals surface area contributed by atoms with Crippen LogP contribution in [0.25, 0.3) is 0 Å². The highest BCUT2D eigenvalue weighted by atomic mass is 32.1. The number of nitrogens with one attached hydrogen (secondary N) is 2. The lowest BCUT2D eigenvalue weighted by atomic mass is 9.67. The zero-order valence-corrected chi connectivity index (χ0v) is 17.2. The van der Waals surface area contributed by atoms with Gasteiger partial charge < -0.3 is 10.6 Å². The second-order valence-corrected chi connectivity index (χ2v) is 8.81. The molecule has 8 nitrogen and oxygen atoms in total. The quantitative estimate of drug-likeness (QED) is 0.750. The Balaban J connectivity index is 1.48.